The van der Waals surface area contributed by atoms with Gasteiger partial charge in [-0.15, -0.1) is 0 Å². The number of aliphatic hydroxyl groups excluding tert-OH is 2. The van der Waals surface area contributed by atoms with Gasteiger partial charge >= 0.3 is 0 Å². The molecule has 1 aliphatic heterocycles. The van der Waals surface area contributed by atoms with Crippen LogP contribution < -0.4 is 0 Å². The van der Waals surface area contributed by atoms with Gasteiger partial charge in [-0.1, -0.05) is 25.4 Å². The van der Waals surface area contributed by atoms with Crippen LogP contribution in [0.15, 0.2) is 24.3 Å². The van der Waals surface area contributed by atoms with Crippen molar-refractivity contribution in [1.82, 2.24) is 9.80 Å². The van der Waals surface area contributed by atoms with Gasteiger partial charge in [0.15, 0.2) is 0 Å². The number of nitrogens with zero attached hydrogens (tertiary/aromatic N) is 2. The zero-order valence-corrected chi connectivity index (χ0v) is 14.6. The summed E-state index contributed by atoms with van der Waals surface area (Å²) >= 11 is 5.87. The van der Waals surface area contributed by atoms with Crippen LogP contribution in [0, 0.1) is 5.92 Å². The lowest BCUT2D eigenvalue weighted by Crippen LogP contribution is -2.47. The number of amides is 1. The van der Waals surface area contributed by atoms with E-state index < -0.39 is 12.2 Å². The van der Waals surface area contributed by atoms with Crippen LogP contribution in [0.5, 0.6) is 0 Å². The minimum Gasteiger partial charge on any atom is -0.389 e. The number of likely N-dealkylation sites (N-methyl/N-ethyl adjacent to an activating group) is 1. The van der Waals surface area contributed by atoms with Crippen molar-refractivity contribution in [2.75, 3.05) is 26.7 Å². The molecule has 0 aromatic heterocycles. The summed E-state index contributed by atoms with van der Waals surface area (Å²) in [6.07, 6.45) is -1.42. The first-order valence-electron chi connectivity index (χ1n) is 7.90. The molecule has 23 heavy (non-hydrogen) atoms. The molecule has 1 saturated heterocycles. The molecule has 1 heterocycles. The summed E-state index contributed by atoms with van der Waals surface area (Å²) < 4.78 is 0. The fourth-order valence-electron chi connectivity index (χ4n) is 2.99. The van der Waals surface area contributed by atoms with Crippen LogP contribution in [-0.4, -0.2) is 70.9 Å². The molecule has 2 rings (SSSR count). The molecule has 1 amide bonds. The number of aliphatic hydroxyl groups is 2. The zero-order chi connectivity index (χ0) is 17.1. The lowest BCUT2D eigenvalue weighted by atomic mass is 10.0. The van der Waals surface area contributed by atoms with Crippen LogP contribution in [0.1, 0.15) is 24.2 Å². The van der Waals surface area contributed by atoms with E-state index in [1.807, 2.05) is 4.90 Å². The number of hydrogen-bond donors (Lipinski definition) is 2. The minimum absolute atomic E-state index is 0.00400. The molecule has 1 aromatic carbocycles. The smallest absolute Gasteiger partial charge is 0.253 e. The van der Waals surface area contributed by atoms with Gasteiger partial charge in [0, 0.05) is 43.3 Å². The van der Waals surface area contributed by atoms with Gasteiger partial charge in [-0.05, 0) is 30.2 Å². The number of likely N-dealkylation sites (tertiary alicyclic amines) is 1. The second-order valence-corrected chi connectivity index (χ2v) is 7.02. The van der Waals surface area contributed by atoms with E-state index in [9.17, 15) is 15.0 Å². The van der Waals surface area contributed by atoms with E-state index in [1.54, 1.807) is 36.2 Å². The van der Waals surface area contributed by atoms with Crippen molar-refractivity contribution in [3.63, 3.8) is 0 Å². The Morgan fingerprint density at radius 1 is 1.26 bits per heavy atom. The van der Waals surface area contributed by atoms with Gasteiger partial charge in [-0.2, -0.15) is 0 Å². The van der Waals surface area contributed by atoms with Crippen LogP contribution >= 0.6 is 11.6 Å². The zero-order valence-electron chi connectivity index (χ0n) is 13.8. The number of benzene rings is 1. The fourth-order valence-corrected chi connectivity index (χ4v) is 3.11. The van der Waals surface area contributed by atoms with Crippen molar-refractivity contribution in [3.8, 4) is 0 Å². The van der Waals surface area contributed by atoms with Crippen molar-refractivity contribution in [3.05, 3.63) is 34.9 Å². The van der Waals surface area contributed by atoms with E-state index in [2.05, 4.69) is 13.8 Å². The summed E-state index contributed by atoms with van der Waals surface area (Å²) in [5.41, 5.74) is 0.601. The molecule has 128 valence electrons. The number of halogens is 1. The highest BCUT2D eigenvalue weighted by molar-refractivity contribution is 6.30. The highest BCUT2D eigenvalue weighted by Crippen LogP contribution is 2.19. The highest BCUT2D eigenvalue weighted by atomic mass is 35.5. The van der Waals surface area contributed by atoms with Crippen LogP contribution in [0.2, 0.25) is 5.02 Å². The van der Waals surface area contributed by atoms with Gasteiger partial charge in [-0.3, -0.25) is 9.69 Å². The predicted octanol–water partition coefficient (Wildman–Crippen LogP) is 1.47. The lowest BCUT2D eigenvalue weighted by Gasteiger charge is -2.34. The first kappa shape index (κ1) is 18.2. The number of carbonyl (C=O) groups excluding carboxylic acids is 1. The average molecular weight is 341 g/mol. The summed E-state index contributed by atoms with van der Waals surface area (Å²) in [6, 6.07) is 6.86. The molecule has 5 nitrogen and oxygen atoms in total. The highest BCUT2D eigenvalue weighted by Gasteiger charge is 2.33. The summed E-state index contributed by atoms with van der Waals surface area (Å²) in [4.78, 5) is 16.4. The number of rotatable bonds is 5. The van der Waals surface area contributed by atoms with Gasteiger partial charge in [0.2, 0.25) is 0 Å². The molecule has 2 N–H and O–H groups in total. The Morgan fingerprint density at radius 2 is 1.78 bits per heavy atom. The van der Waals surface area contributed by atoms with E-state index in [4.69, 9.17) is 11.6 Å². The number of carbonyl (C=O) groups is 1. The quantitative estimate of drug-likeness (QED) is 0.852. The predicted molar refractivity (Wildman–Crippen MR) is 90.6 cm³/mol. The van der Waals surface area contributed by atoms with Gasteiger partial charge in [0.05, 0.1) is 12.2 Å². The van der Waals surface area contributed by atoms with E-state index >= 15 is 0 Å². The van der Waals surface area contributed by atoms with Gasteiger partial charge < -0.3 is 15.1 Å². The fraction of sp³-hybridized carbons (Fsp3) is 0.588. The van der Waals surface area contributed by atoms with Gasteiger partial charge in [0.1, 0.15) is 0 Å². The minimum atomic E-state index is -0.708. The summed E-state index contributed by atoms with van der Waals surface area (Å²) in [6.45, 7) is 5.64. The Morgan fingerprint density at radius 3 is 2.26 bits per heavy atom. The maximum atomic E-state index is 12.7. The third-order valence-corrected chi connectivity index (χ3v) is 4.71. The van der Waals surface area contributed by atoms with Crippen LogP contribution in [0.3, 0.4) is 0 Å². The van der Waals surface area contributed by atoms with E-state index in [0.29, 0.717) is 30.2 Å². The maximum absolute atomic E-state index is 12.7. The lowest BCUT2D eigenvalue weighted by molar-refractivity contribution is 0.0572. The molecule has 1 fully saturated rings. The summed E-state index contributed by atoms with van der Waals surface area (Å²) in [5.74, 6) is 0.201. The first-order chi connectivity index (χ1) is 10.8. The molecule has 1 aromatic rings. The van der Waals surface area contributed by atoms with Gasteiger partial charge in [0.25, 0.3) is 5.91 Å². The SMILES string of the molecule is CC(C)[C@@H](CN1C[C@H](O)[C@@H](O)C1)N(C)C(=O)c1ccc(Cl)cc1. The second-order valence-electron chi connectivity index (χ2n) is 6.59. The molecule has 0 saturated carbocycles. The largest absolute Gasteiger partial charge is 0.389 e. The molecule has 0 aliphatic carbocycles. The normalized spacial score (nSPS) is 23.3. The molecule has 6 heteroatoms. The van der Waals surface area contributed by atoms with Crippen molar-refractivity contribution in [2.24, 2.45) is 5.92 Å². The monoisotopic (exact) mass is 340 g/mol. The average Bonchev–Trinajstić information content (AvgIpc) is 2.82. The van der Waals surface area contributed by atoms with Crippen molar-refractivity contribution >= 4 is 17.5 Å². The number of hydrogen-bond acceptors (Lipinski definition) is 4. The van der Waals surface area contributed by atoms with E-state index in [1.165, 1.54) is 0 Å². The maximum Gasteiger partial charge on any atom is 0.253 e. The Kier molecular flexibility index (Phi) is 6.03. The van der Waals surface area contributed by atoms with Gasteiger partial charge in [-0.25, -0.2) is 0 Å². The second kappa shape index (κ2) is 7.62. The van der Waals surface area contributed by atoms with E-state index in [-0.39, 0.29) is 17.9 Å². The molecular formula is C17H25ClN2O3. The van der Waals surface area contributed by atoms with E-state index in [0.717, 1.165) is 0 Å². The standard InChI is InChI=1S/C17H25ClN2O3/c1-11(2)14(8-20-9-15(21)16(22)10-20)19(3)17(23)12-4-6-13(18)7-5-12/h4-7,11,14-16,21-22H,8-10H2,1-3H3/t14-,15+,16+/m1/s1. The third-order valence-electron chi connectivity index (χ3n) is 4.46. The number of β-amino-alcohol motifs (C(OH)–C–C–N with tert-alkyl or cyclic N) is 2. The van der Waals surface area contributed by atoms with Crippen LogP contribution in [0.4, 0.5) is 0 Å². The Balaban J connectivity index is 2.07. The molecule has 0 unspecified atom stereocenters. The molecule has 0 radical (unpaired) electrons. The molecule has 3 atom stereocenters. The van der Waals surface area contributed by atoms with Crippen LogP contribution in [-0.2, 0) is 0 Å². The summed E-state index contributed by atoms with van der Waals surface area (Å²) in [5, 5.41) is 20.0. The molecule has 0 bridgehead atoms. The molecule has 0 spiro atoms. The topological polar surface area (TPSA) is 64.0 Å². The Labute approximate surface area is 142 Å². The third kappa shape index (κ3) is 4.44. The Hall–Kier alpha value is -1.14. The summed E-state index contributed by atoms with van der Waals surface area (Å²) in [7, 11) is 1.80. The van der Waals surface area contributed by atoms with Crippen LogP contribution in [0.25, 0.3) is 0 Å². The molecule has 1 aliphatic rings. The Bertz CT molecular complexity index is 525. The van der Waals surface area contributed by atoms with Crippen molar-refractivity contribution < 1.29 is 15.0 Å². The molecular weight excluding hydrogens is 316 g/mol. The van der Waals surface area contributed by atoms with Crippen molar-refractivity contribution in [1.29, 1.82) is 0 Å². The first-order valence-corrected chi connectivity index (χ1v) is 8.28. The van der Waals surface area contributed by atoms with Crippen molar-refractivity contribution in [2.45, 2.75) is 32.1 Å².